The first-order valence-electron chi connectivity index (χ1n) is 4.85. The summed E-state index contributed by atoms with van der Waals surface area (Å²) in [5.41, 5.74) is 1.65. The van der Waals surface area contributed by atoms with E-state index in [2.05, 4.69) is 10.4 Å². The predicted molar refractivity (Wildman–Crippen MR) is 61.3 cm³/mol. The third-order valence-electron chi connectivity index (χ3n) is 2.23. The molecule has 5 heteroatoms. The Kier molecular flexibility index (Phi) is 3.22. The second-order valence-corrected chi connectivity index (χ2v) is 3.76. The highest BCUT2D eigenvalue weighted by Crippen LogP contribution is 2.19. The van der Waals surface area contributed by atoms with Crippen molar-refractivity contribution in [2.45, 2.75) is 6.54 Å². The molecule has 1 heterocycles. The Bertz CT molecular complexity index is 478. The van der Waals surface area contributed by atoms with Crippen molar-refractivity contribution >= 4 is 11.6 Å². The molecule has 84 valence electrons. The number of halogens is 2. The summed E-state index contributed by atoms with van der Waals surface area (Å²) in [5, 5.41) is 7.77. The fraction of sp³-hybridized carbons (Fsp3) is 0.182. The smallest absolute Gasteiger partial charge is 0.123 e. The lowest BCUT2D eigenvalue weighted by atomic mass is 10.3. The van der Waals surface area contributed by atoms with Gasteiger partial charge in [-0.1, -0.05) is 11.6 Å². The molecule has 1 aromatic heterocycles. The summed E-state index contributed by atoms with van der Waals surface area (Å²) in [7, 11) is 1.83. The summed E-state index contributed by atoms with van der Waals surface area (Å²) in [5.74, 6) is -0.267. The van der Waals surface area contributed by atoms with Crippen LogP contribution in [0.25, 0.3) is 5.69 Å². The second-order valence-electron chi connectivity index (χ2n) is 3.36. The van der Waals surface area contributed by atoms with Crippen LogP contribution in [0.15, 0.2) is 30.5 Å². The molecule has 1 aromatic carbocycles. The Morgan fingerprint density at radius 2 is 2.06 bits per heavy atom. The van der Waals surface area contributed by atoms with E-state index in [1.165, 1.54) is 12.1 Å². The monoisotopic (exact) mass is 239 g/mol. The van der Waals surface area contributed by atoms with E-state index in [1.54, 1.807) is 23.0 Å². The van der Waals surface area contributed by atoms with Gasteiger partial charge >= 0.3 is 0 Å². The minimum Gasteiger partial charge on any atom is -0.314 e. The quantitative estimate of drug-likeness (QED) is 0.891. The van der Waals surface area contributed by atoms with Gasteiger partial charge in [0.2, 0.25) is 0 Å². The van der Waals surface area contributed by atoms with Crippen LogP contribution < -0.4 is 5.32 Å². The van der Waals surface area contributed by atoms with E-state index >= 15 is 0 Å². The molecule has 0 spiro atoms. The molecule has 0 aliphatic carbocycles. The molecule has 16 heavy (non-hydrogen) atoms. The number of aromatic nitrogens is 2. The highest BCUT2D eigenvalue weighted by atomic mass is 35.5. The Balaban J connectivity index is 2.43. The van der Waals surface area contributed by atoms with Crippen LogP contribution in [-0.4, -0.2) is 16.8 Å². The van der Waals surface area contributed by atoms with Crippen LogP contribution in [0.2, 0.25) is 5.02 Å². The Labute approximate surface area is 97.8 Å². The Hall–Kier alpha value is -1.39. The average Bonchev–Trinajstić information content (AvgIpc) is 2.63. The van der Waals surface area contributed by atoms with E-state index in [4.69, 9.17) is 11.6 Å². The molecule has 0 bridgehead atoms. The van der Waals surface area contributed by atoms with Gasteiger partial charge in [-0.15, -0.1) is 0 Å². The van der Waals surface area contributed by atoms with Gasteiger partial charge in [0, 0.05) is 6.54 Å². The summed E-state index contributed by atoms with van der Waals surface area (Å²) in [4.78, 5) is 0. The predicted octanol–water partition coefficient (Wildman–Crippen LogP) is 2.38. The minimum atomic E-state index is -0.267. The maximum atomic E-state index is 12.8. The van der Waals surface area contributed by atoms with Crippen molar-refractivity contribution in [2.75, 3.05) is 7.05 Å². The van der Waals surface area contributed by atoms with Crippen molar-refractivity contribution < 1.29 is 4.39 Å². The van der Waals surface area contributed by atoms with Crippen LogP contribution in [0.5, 0.6) is 0 Å². The lowest BCUT2D eigenvalue weighted by molar-refractivity contribution is 0.626. The molecular weight excluding hydrogens is 229 g/mol. The zero-order valence-corrected chi connectivity index (χ0v) is 9.50. The maximum Gasteiger partial charge on any atom is 0.123 e. The maximum absolute atomic E-state index is 12.8. The molecular formula is C11H11ClFN3. The standard InChI is InChI=1S/C11H11ClFN3/c1-14-7-11-10(12)6-15-16(11)9-4-2-8(13)3-5-9/h2-6,14H,7H2,1H3. The lowest BCUT2D eigenvalue weighted by Gasteiger charge is -2.07. The van der Waals surface area contributed by atoms with Gasteiger partial charge in [0.05, 0.1) is 22.6 Å². The van der Waals surface area contributed by atoms with Gasteiger partial charge in [-0.05, 0) is 31.3 Å². The van der Waals surface area contributed by atoms with Gasteiger partial charge < -0.3 is 5.32 Å². The van der Waals surface area contributed by atoms with Crippen molar-refractivity contribution in [3.8, 4) is 5.69 Å². The fourth-order valence-corrected chi connectivity index (χ4v) is 1.68. The van der Waals surface area contributed by atoms with Crippen molar-refractivity contribution in [3.63, 3.8) is 0 Å². The average molecular weight is 240 g/mol. The van der Waals surface area contributed by atoms with Gasteiger partial charge in [0.15, 0.2) is 0 Å². The van der Waals surface area contributed by atoms with Crippen LogP contribution in [0.4, 0.5) is 4.39 Å². The van der Waals surface area contributed by atoms with Crippen LogP contribution in [0, 0.1) is 5.82 Å². The summed E-state index contributed by atoms with van der Waals surface area (Å²) in [6.07, 6.45) is 1.58. The Morgan fingerprint density at radius 3 is 2.69 bits per heavy atom. The highest BCUT2D eigenvalue weighted by Gasteiger charge is 2.09. The molecule has 0 amide bonds. The molecule has 2 aromatic rings. The summed E-state index contributed by atoms with van der Waals surface area (Å²) in [6.45, 7) is 0.607. The number of nitrogens with zero attached hydrogens (tertiary/aromatic N) is 2. The first kappa shape index (κ1) is 11.1. The van der Waals surface area contributed by atoms with Crippen LogP contribution in [0.3, 0.4) is 0 Å². The molecule has 0 atom stereocenters. The van der Waals surface area contributed by atoms with E-state index in [1.807, 2.05) is 7.05 Å². The molecule has 0 fully saturated rings. The number of nitrogens with one attached hydrogen (secondary N) is 1. The highest BCUT2D eigenvalue weighted by molar-refractivity contribution is 6.31. The van der Waals surface area contributed by atoms with Crippen molar-refractivity contribution in [1.29, 1.82) is 0 Å². The number of hydrogen-bond acceptors (Lipinski definition) is 2. The van der Waals surface area contributed by atoms with E-state index in [0.717, 1.165) is 11.4 Å². The molecule has 0 aliphatic heterocycles. The molecule has 0 saturated carbocycles. The normalized spacial score (nSPS) is 10.7. The number of hydrogen-bond donors (Lipinski definition) is 1. The molecule has 1 N–H and O–H groups in total. The largest absolute Gasteiger partial charge is 0.314 e. The number of benzene rings is 1. The van der Waals surface area contributed by atoms with E-state index in [-0.39, 0.29) is 5.82 Å². The molecule has 2 rings (SSSR count). The van der Waals surface area contributed by atoms with Crippen molar-refractivity contribution in [3.05, 3.63) is 47.0 Å². The summed E-state index contributed by atoms with van der Waals surface area (Å²) >= 11 is 6.01. The van der Waals surface area contributed by atoms with Gasteiger partial charge in [-0.2, -0.15) is 5.10 Å². The lowest BCUT2D eigenvalue weighted by Crippen LogP contribution is -2.11. The van der Waals surface area contributed by atoms with Crippen molar-refractivity contribution in [1.82, 2.24) is 15.1 Å². The van der Waals surface area contributed by atoms with Crippen molar-refractivity contribution in [2.24, 2.45) is 0 Å². The first-order valence-corrected chi connectivity index (χ1v) is 5.23. The molecule has 3 nitrogen and oxygen atoms in total. The number of rotatable bonds is 3. The van der Waals surface area contributed by atoms with E-state index in [9.17, 15) is 4.39 Å². The van der Waals surface area contributed by atoms with Gasteiger partial charge in [-0.3, -0.25) is 0 Å². The van der Waals surface area contributed by atoms with Gasteiger partial charge in [0.1, 0.15) is 5.82 Å². The van der Waals surface area contributed by atoms with Crippen LogP contribution in [-0.2, 0) is 6.54 Å². The summed E-state index contributed by atoms with van der Waals surface area (Å²) in [6, 6.07) is 6.12. The SMILES string of the molecule is CNCc1c(Cl)cnn1-c1ccc(F)cc1. The second kappa shape index (κ2) is 4.63. The first-order chi connectivity index (χ1) is 7.72. The molecule has 0 unspecified atom stereocenters. The topological polar surface area (TPSA) is 29.9 Å². The zero-order chi connectivity index (χ0) is 11.5. The van der Waals surface area contributed by atoms with Crippen LogP contribution in [0.1, 0.15) is 5.69 Å². The third kappa shape index (κ3) is 2.08. The molecule has 0 saturated heterocycles. The third-order valence-corrected chi connectivity index (χ3v) is 2.55. The fourth-order valence-electron chi connectivity index (χ4n) is 1.49. The summed E-state index contributed by atoms with van der Waals surface area (Å²) < 4.78 is 14.5. The van der Waals surface area contributed by atoms with Gasteiger partial charge in [0.25, 0.3) is 0 Å². The molecule has 0 radical (unpaired) electrons. The minimum absolute atomic E-state index is 0.267. The van der Waals surface area contributed by atoms with E-state index < -0.39 is 0 Å². The molecule has 0 aliphatic rings. The van der Waals surface area contributed by atoms with Crippen LogP contribution >= 0.6 is 11.6 Å². The van der Waals surface area contributed by atoms with Gasteiger partial charge in [-0.25, -0.2) is 9.07 Å². The Morgan fingerprint density at radius 1 is 1.38 bits per heavy atom. The zero-order valence-electron chi connectivity index (χ0n) is 8.74. The van der Waals surface area contributed by atoms with E-state index in [0.29, 0.717) is 11.6 Å².